The Morgan fingerprint density at radius 2 is 1.91 bits per heavy atom. The van der Waals surface area contributed by atoms with Crippen LogP contribution in [0.15, 0.2) is 53.0 Å². The molecule has 0 fully saturated rings. The minimum atomic E-state index is -0.147. The van der Waals surface area contributed by atoms with Crippen molar-refractivity contribution in [2.45, 2.75) is 6.04 Å². The van der Waals surface area contributed by atoms with Crippen LogP contribution in [-0.2, 0) is 0 Å². The highest BCUT2D eigenvalue weighted by atomic mass is 79.9. The zero-order valence-corrected chi connectivity index (χ0v) is 15.1. The third kappa shape index (κ3) is 4.56. The van der Waals surface area contributed by atoms with Gasteiger partial charge in [-0.1, -0.05) is 46.3 Å². The Morgan fingerprint density at radius 1 is 1.22 bits per heavy atom. The number of nitrogens with zero attached hydrogens (tertiary/aromatic N) is 1. The summed E-state index contributed by atoms with van der Waals surface area (Å²) in [7, 11) is 5.57. The van der Waals surface area contributed by atoms with Gasteiger partial charge in [0, 0.05) is 11.0 Å². The largest absolute Gasteiger partial charge is 0.496 e. The van der Waals surface area contributed by atoms with Gasteiger partial charge in [0.2, 0.25) is 0 Å². The molecule has 2 rings (SSSR count). The highest BCUT2D eigenvalue weighted by Crippen LogP contribution is 2.23. The van der Waals surface area contributed by atoms with Gasteiger partial charge in [0.05, 0.1) is 18.7 Å². The van der Waals surface area contributed by atoms with Crippen molar-refractivity contribution in [3.05, 3.63) is 64.1 Å². The second-order valence-electron chi connectivity index (χ2n) is 5.44. The molecule has 2 aromatic carbocycles. The van der Waals surface area contributed by atoms with Crippen LogP contribution in [-0.4, -0.2) is 38.6 Å². The first kappa shape index (κ1) is 17.5. The highest BCUT2D eigenvalue weighted by molar-refractivity contribution is 9.10. The van der Waals surface area contributed by atoms with Crippen molar-refractivity contribution in [3.63, 3.8) is 0 Å². The van der Waals surface area contributed by atoms with Crippen LogP contribution in [0.2, 0.25) is 0 Å². The molecule has 0 spiro atoms. The average Bonchev–Trinajstić information content (AvgIpc) is 2.55. The van der Waals surface area contributed by atoms with Crippen LogP contribution in [0.25, 0.3) is 0 Å². The van der Waals surface area contributed by atoms with Gasteiger partial charge in [-0.05, 0) is 37.9 Å². The van der Waals surface area contributed by atoms with E-state index in [9.17, 15) is 4.79 Å². The highest BCUT2D eigenvalue weighted by Gasteiger charge is 2.17. The maximum atomic E-state index is 12.5. The lowest BCUT2D eigenvalue weighted by Crippen LogP contribution is -2.34. The van der Waals surface area contributed by atoms with E-state index in [1.54, 1.807) is 19.2 Å². The van der Waals surface area contributed by atoms with E-state index in [0.29, 0.717) is 17.9 Å². The standard InChI is InChI=1S/C18H21BrN2O2/c1-21(2)16(13-7-5-4-6-8-13)12-20-18(22)15-11-14(19)9-10-17(15)23-3/h4-11,16H,12H2,1-3H3,(H,20,22). The number of nitrogens with one attached hydrogen (secondary N) is 1. The van der Waals surface area contributed by atoms with Gasteiger partial charge in [0.15, 0.2) is 0 Å². The number of likely N-dealkylation sites (N-methyl/N-ethyl adjacent to an activating group) is 1. The van der Waals surface area contributed by atoms with Crippen LogP contribution in [0.1, 0.15) is 22.0 Å². The molecule has 122 valence electrons. The molecule has 0 saturated carbocycles. The smallest absolute Gasteiger partial charge is 0.255 e. The zero-order chi connectivity index (χ0) is 16.8. The lowest BCUT2D eigenvalue weighted by atomic mass is 10.1. The van der Waals surface area contributed by atoms with E-state index >= 15 is 0 Å². The molecule has 2 aromatic rings. The molecule has 1 amide bonds. The monoisotopic (exact) mass is 376 g/mol. The van der Waals surface area contributed by atoms with Crippen molar-refractivity contribution < 1.29 is 9.53 Å². The second kappa shape index (κ2) is 8.13. The molecule has 0 aliphatic carbocycles. The lowest BCUT2D eigenvalue weighted by Gasteiger charge is -2.25. The van der Waals surface area contributed by atoms with Gasteiger partial charge < -0.3 is 15.0 Å². The first-order valence-corrected chi connectivity index (χ1v) is 8.15. The summed E-state index contributed by atoms with van der Waals surface area (Å²) < 4.78 is 6.11. The quantitative estimate of drug-likeness (QED) is 0.838. The maximum absolute atomic E-state index is 12.5. The molecule has 0 saturated heterocycles. The minimum Gasteiger partial charge on any atom is -0.496 e. The van der Waals surface area contributed by atoms with Gasteiger partial charge >= 0.3 is 0 Å². The van der Waals surface area contributed by atoms with E-state index in [0.717, 1.165) is 4.47 Å². The van der Waals surface area contributed by atoms with Gasteiger partial charge in [0.1, 0.15) is 5.75 Å². The number of benzene rings is 2. The molecule has 1 atom stereocenters. The fourth-order valence-corrected chi connectivity index (χ4v) is 2.78. The average molecular weight is 377 g/mol. The van der Waals surface area contributed by atoms with Crippen molar-refractivity contribution in [2.75, 3.05) is 27.7 Å². The van der Waals surface area contributed by atoms with Crippen LogP contribution < -0.4 is 10.1 Å². The van der Waals surface area contributed by atoms with Crippen molar-refractivity contribution in [2.24, 2.45) is 0 Å². The number of carbonyl (C=O) groups is 1. The van der Waals surface area contributed by atoms with Crippen LogP contribution >= 0.6 is 15.9 Å². The Hall–Kier alpha value is -1.85. The van der Waals surface area contributed by atoms with Crippen LogP contribution in [0, 0.1) is 0 Å². The van der Waals surface area contributed by atoms with Crippen LogP contribution in [0.5, 0.6) is 5.75 Å². The topological polar surface area (TPSA) is 41.6 Å². The van der Waals surface area contributed by atoms with Gasteiger partial charge in [-0.3, -0.25) is 4.79 Å². The number of hydrogen-bond donors (Lipinski definition) is 1. The Kier molecular flexibility index (Phi) is 6.19. The summed E-state index contributed by atoms with van der Waals surface area (Å²) >= 11 is 3.39. The summed E-state index contributed by atoms with van der Waals surface area (Å²) in [4.78, 5) is 14.6. The summed E-state index contributed by atoms with van der Waals surface area (Å²) in [5.74, 6) is 0.415. The summed E-state index contributed by atoms with van der Waals surface area (Å²) in [6, 6.07) is 15.6. The third-order valence-corrected chi connectivity index (χ3v) is 4.16. The molecule has 0 heterocycles. The van der Waals surface area contributed by atoms with E-state index in [1.807, 2.05) is 38.4 Å². The van der Waals surface area contributed by atoms with Gasteiger partial charge in [-0.2, -0.15) is 0 Å². The van der Waals surface area contributed by atoms with Gasteiger partial charge in [0.25, 0.3) is 5.91 Å². The van der Waals surface area contributed by atoms with E-state index in [1.165, 1.54) is 5.56 Å². The Morgan fingerprint density at radius 3 is 2.52 bits per heavy atom. The molecular weight excluding hydrogens is 356 g/mol. The molecule has 4 nitrogen and oxygen atoms in total. The number of ether oxygens (including phenoxy) is 1. The van der Waals surface area contributed by atoms with Crippen LogP contribution in [0.3, 0.4) is 0 Å². The Labute approximate surface area is 145 Å². The third-order valence-electron chi connectivity index (χ3n) is 3.67. The fourth-order valence-electron chi connectivity index (χ4n) is 2.42. The maximum Gasteiger partial charge on any atom is 0.255 e. The van der Waals surface area contributed by atoms with Crippen molar-refractivity contribution in [1.82, 2.24) is 10.2 Å². The summed E-state index contributed by atoms with van der Waals surface area (Å²) in [5, 5.41) is 3.00. The SMILES string of the molecule is COc1ccc(Br)cc1C(=O)NCC(c1ccccc1)N(C)C. The first-order chi connectivity index (χ1) is 11.0. The predicted molar refractivity (Wildman–Crippen MR) is 95.9 cm³/mol. The summed E-state index contributed by atoms with van der Waals surface area (Å²) in [6.07, 6.45) is 0. The number of hydrogen-bond acceptors (Lipinski definition) is 3. The minimum absolute atomic E-state index is 0.110. The summed E-state index contributed by atoms with van der Waals surface area (Å²) in [6.45, 7) is 0.519. The van der Waals surface area contributed by atoms with Gasteiger partial charge in [-0.15, -0.1) is 0 Å². The van der Waals surface area contributed by atoms with Crippen molar-refractivity contribution in [1.29, 1.82) is 0 Å². The molecule has 5 heteroatoms. The first-order valence-electron chi connectivity index (χ1n) is 7.36. The number of rotatable bonds is 6. The number of amides is 1. The normalized spacial score (nSPS) is 12.0. The molecular formula is C18H21BrN2O2. The van der Waals surface area contributed by atoms with Gasteiger partial charge in [-0.25, -0.2) is 0 Å². The molecule has 0 radical (unpaired) electrons. The number of methoxy groups -OCH3 is 1. The predicted octanol–water partition coefficient (Wildman–Crippen LogP) is 3.49. The number of halogens is 1. The summed E-state index contributed by atoms with van der Waals surface area (Å²) in [5.41, 5.74) is 1.69. The molecule has 0 bridgehead atoms. The molecule has 1 unspecified atom stereocenters. The molecule has 0 aliphatic rings. The van der Waals surface area contributed by atoms with Crippen molar-refractivity contribution in [3.8, 4) is 5.75 Å². The zero-order valence-electron chi connectivity index (χ0n) is 13.5. The molecule has 23 heavy (non-hydrogen) atoms. The Balaban J connectivity index is 2.12. The Bertz CT molecular complexity index is 659. The number of carbonyl (C=O) groups excluding carboxylic acids is 1. The lowest BCUT2D eigenvalue weighted by molar-refractivity contribution is 0.0939. The van der Waals surface area contributed by atoms with E-state index in [2.05, 4.69) is 38.3 Å². The van der Waals surface area contributed by atoms with E-state index in [4.69, 9.17) is 4.74 Å². The fraction of sp³-hybridized carbons (Fsp3) is 0.278. The molecule has 0 aromatic heterocycles. The van der Waals surface area contributed by atoms with E-state index in [-0.39, 0.29) is 11.9 Å². The second-order valence-corrected chi connectivity index (χ2v) is 6.36. The van der Waals surface area contributed by atoms with Crippen molar-refractivity contribution >= 4 is 21.8 Å². The molecule has 1 N–H and O–H groups in total. The van der Waals surface area contributed by atoms with E-state index < -0.39 is 0 Å². The molecule has 0 aliphatic heterocycles. The van der Waals surface area contributed by atoms with Crippen LogP contribution in [0.4, 0.5) is 0 Å².